The molecule has 0 saturated heterocycles. The average Bonchev–Trinajstić information content (AvgIpc) is 3.12. The summed E-state index contributed by atoms with van der Waals surface area (Å²) in [5, 5.41) is 45.0. The molecule has 4 aliphatic carbocycles. The Labute approximate surface area is 217 Å². The van der Waals surface area contributed by atoms with Gasteiger partial charge in [-0.2, -0.15) is 0 Å². The second kappa shape index (κ2) is 8.31. The van der Waals surface area contributed by atoms with Gasteiger partial charge < -0.3 is 25.2 Å². The Morgan fingerprint density at radius 1 is 1.11 bits per heavy atom. The predicted molar refractivity (Wildman–Crippen MR) is 133 cm³/mol. The van der Waals surface area contributed by atoms with Gasteiger partial charge in [-0.15, -0.1) is 0 Å². The number of ketones is 2. The van der Waals surface area contributed by atoms with E-state index in [4.69, 9.17) is 4.74 Å². The molecule has 0 bridgehead atoms. The Kier molecular flexibility index (Phi) is 6.00. The van der Waals surface area contributed by atoms with E-state index in [1.165, 1.54) is 6.08 Å². The van der Waals surface area contributed by atoms with Gasteiger partial charge in [0.25, 0.3) is 0 Å². The molecular formula is C29H40O8. The Morgan fingerprint density at radius 3 is 2.43 bits per heavy atom. The van der Waals surface area contributed by atoms with Gasteiger partial charge in [0.15, 0.2) is 5.78 Å². The second-order valence-corrected chi connectivity index (χ2v) is 12.9. The number of rotatable bonds is 3. The fourth-order valence-electron chi connectivity index (χ4n) is 8.76. The Morgan fingerprint density at radius 2 is 1.78 bits per heavy atom. The van der Waals surface area contributed by atoms with Crippen molar-refractivity contribution in [1.29, 1.82) is 0 Å². The second-order valence-electron chi connectivity index (χ2n) is 12.9. The number of hydrogen-bond acceptors (Lipinski definition) is 8. The van der Waals surface area contributed by atoms with Crippen LogP contribution in [0.3, 0.4) is 0 Å². The van der Waals surface area contributed by atoms with Crippen molar-refractivity contribution in [3.05, 3.63) is 22.8 Å². The van der Waals surface area contributed by atoms with Crippen molar-refractivity contribution in [3.63, 3.8) is 0 Å². The Bertz CT molecular complexity index is 1120. The molecule has 0 spiro atoms. The van der Waals surface area contributed by atoms with E-state index in [-0.39, 0.29) is 37.2 Å². The molecule has 1 aliphatic heterocycles. The van der Waals surface area contributed by atoms with Gasteiger partial charge in [-0.3, -0.25) is 9.59 Å². The lowest BCUT2D eigenvalue weighted by molar-refractivity contribution is -0.192. The lowest BCUT2D eigenvalue weighted by atomic mass is 9.45. The molecule has 1 heterocycles. The number of aliphatic hydroxyl groups excluding tert-OH is 2. The van der Waals surface area contributed by atoms with Crippen LogP contribution >= 0.6 is 0 Å². The minimum atomic E-state index is -1.65. The summed E-state index contributed by atoms with van der Waals surface area (Å²) < 4.78 is 5.67. The Hall–Kier alpha value is -1.87. The predicted octanol–water partition coefficient (Wildman–Crippen LogP) is 2.16. The molecule has 8 heteroatoms. The third kappa shape index (κ3) is 3.38. The molecule has 0 aromatic rings. The van der Waals surface area contributed by atoms with Crippen molar-refractivity contribution in [3.8, 4) is 0 Å². The van der Waals surface area contributed by atoms with Gasteiger partial charge in [0.05, 0.1) is 23.2 Å². The molecule has 5 rings (SSSR count). The highest BCUT2D eigenvalue weighted by Gasteiger charge is 2.72. The molecule has 0 radical (unpaired) electrons. The topological polar surface area (TPSA) is 141 Å². The zero-order valence-electron chi connectivity index (χ0n) is 22.4. The average molecular weight is 517 g/mol. The summed E-state index contributed by atoms with van der Waals surface area (Å²) in [6.07, 6.45) is 0.501. The fraction of sp³-hybridized carbons (Fsp3) is 0.759. The molecule has 37 heavy (non-hydrogen) atoms. The molecule has 5 aliphatic rings. The van der Waals surface area contributed by atoms with E-state index in [0.29, 0.717) is 30.4 Å². The summed E-state index contributed by atoms with van der Waals surface area (Å²) in [6.45, 7) is 8.83. The molecular weight excluding hydrogens is 476 g/mol. The van der Waals surface area contributed by atoms with Crippen LogP contribution < -0.4 is 0 Å². The first kappa shape index (κ1) is 26.7. The van der Waals surface area contributed by atoms with Crippen molar-refractivity contribution in [2.24, 2.45) is 28.6 Å². The van der Waals surface area contributed by atoms with Crippen LogP contribution in [0, 0.1) is 28.6 Å². The standard InChI is InChI=1S/C29H40O8/c1-6-15-9-24(37-25(34)14(15)2)28(5,35)22-7-8-29(36)17-10-19(30)18-11-20(31)21(32)13-26(18,3)16(17)12-23(33)27(22,29)4/h10,16,18,20-22,24,31-32,35-36H,6-9,11-13H2,1-5H3/t16?,18-,20+,21-,22-,24+,26+,27-,28+,29+/m0/s1. The third-order valence-corrected chi connectivity index (χ3v) is 11.3. The van der Waals surface area contributed by atoms with Crippen molar-refractivity contribution in [2.45, 2.75) is 109 Å². The van der Waals surface area contributed by atoms with Gasteiger partial charge in [0, 0.05) is 30.3 Å². The van der Waals surface area contributed by atoms with E-state index in [2.05, 4.69) is 0 Å². The molecule has 10 atom stereocenters. The van der Waals surface area contributed by atoms with Crippen LogP contribution in [0.15, 0.2) is 22.8 Å². The van der Waals surface area contributed by atoms with Crippen LogP contribution in [-0.4, -0.2) is 67.5 Å². The van der Waals surface area contributed by atoms with Gasteiger partial charge >= 0.3 is 5.97 Å². The number of aliphatic hydroxyl groups is 4. The van der Waals surface area contributed by atoms with Gasteiger partial charge in [-0.1, -0.05) is 19.4 Å². The highest BCUT2D eigenvalue weighted by atomic mass is 16.6. The molecule has 0 amide bonds. The highest BCUT2D eigenvalue weighted by Crippen LogP contribution is 2.67. The lowest BCUT2D eigenvalue weighted by Crippen LogP contribution is -2.66. The third-order valence-electron chi connectivity index (χ3n) is 11.3. The van der Waals surface area contributed by atoms with E-state index >= 15 is 0 Å². The van der Waals surface area contributed by atoms with Crippen LogP contribution in [0.4, 0.5) is 0 Å². The van der Waals surface area contributed by atoms with Crippen LogP contribution in [0.1, 0.15) is 79.6 Å². The number of hydrogen-bond donors (Lipinski definition) is 4. The summed E-state index contributed by atoms with van der Waals surface area (Å²) in [7, 11) is 0. The minimum Gasteiger partial charge on any atom is -0.456 e. The highest BCUT2D eigenvalue weighted by molar-refractivity contribution is 5.98. The summed E-state index contributed by atoms with van der Waals surface area (Å²) in [6, 6.07) is 0. The van der Waals surface area contributed by atoms with Crippen molar-refractivity contribution >= 4 is 17.5 Å². The van der Waals surface area contributed by atoms with Crippen LogP contribution in [0.5, 0.6) is 0 Å². The van der Waals surface area contributed by atoms with Crippen LogP contribution in [0.2, 0.25) is 0 Å². The lowest BCUT2D eigenvalue weighted by Gasteiger charge is -2.59. The quantitative estimate of drug-likeness (QED) is 0.418. The number of allylic oxidation sites excluding steroid dienone is 1. The van der Waals surface area contributed by atoms with Crippen molar-refractivity contribution < 1.29 is 39.5 Å². The summed E-state index contributed by atoms with van der Waals surface area (Å²) in [5.74, 6) is -2.55. The maximum absolute atomic E-state index is 14.1. The van der Waals surface area contributed by atoms with E-state index in [1.807, 2.05) is 13.8 Å². The number of cyclic esters (lactones) is 1. The van der Waals surface area contributed by atoms with Crippen molar-refractivity contribution in [2.75, 3.05) is 0 Å². The fourth-order valence-corrected chi connectivity index (χ4v) is 8.76. The first-order valence-corrected chi connectivity index (χ1v) is 13.6. The zero-order valence-corrected chi connectivity index (χ0v) is 22.4. The molecule has 3 fully saturated rings. The number of ether oxygens (including phenoxy) is 1. The first-order chi connectivity index (χ1) is 17.1. The van der Waals surface area contributed by atoms with Gasteiger partial charge in [-0.25, -0.2) is 4.79 Å². The number of Topliss-reactive ketones (excluding diaryl/α,β-unsaturated/α-hetero) is 1. The molecule has 204 valence electrons. The number of carbonyl (C=O) groups excluding carboxylic acids is 3. The van der Waals surface area contributed by atoms with E-state index in [0.717, 1.165) is 5.57 Å². The maximum atomic E-state index is 14.1. The summed E-state index contributed by atoms with van der Waals surface area (Å²) in [5.41, 5.74) is -3.43. The van der Waals surface area contributed by atoms with E-state index in [9.17, 15) is 34.8 Å². The molecule has 4 N–H and O–H groups in total. The maximum Gasteiger partial charge on any atom is 0.334 e. The largest absolute Gasteiger partial charge is 0.456 e. The molecule has 0 aromatic heterocycles. The molecule has 1 unspecified atom stereocenters. The summed E-state index contributed by atoms with van der Waals surface area (Å²) >= 11 is 0. The van der Waals surface area contributed by atoms with Crippen molar-refractivity contribution in [1.82, 2.24) is 0 Å². The summed E-state index contributed by atoms with van der Waals surface area (Å²) in [4.78, 5) is 40.0. The normalized spacial score (nSPS) is 47.5. The van der Waals surface area contributed by atoms with E-state index < -0.39 is 64.1 Å². The molecule has 0 aromatic carbocycles. The monoisotopic (exact) mass is 516 g/mol. The SMILES string of the molecule is CCC1=C(C)C(=O)O[C@@H]([C@](C)(O)[C@H]2CC[C@@]3(O)C4=CC(=O)[C@@H]5C[C@@H](O)[C@@H](O)C[C@]5(C)C4CC(=O)[C@]23C)C1. The zero-order chi connectivity index (χ0) is 27.3. The van der Waals surface area contributed by atoms with Gasteiger partial charge in [-0.05, 0) is 75.9 Å². The van der Waals surface area contributed by atoms with E-state index in [1.54, 1.807) is 20.8 Å². The Balaban J connectivity index is 1.55. The van der Waals surface area contributed by atoms with Crippen LogP contribution in [-0.2, 0) is 19.1 Å². The van der Waals surface area contributed by atoms with Gasteiger partial charge in [0.1, 0.15) is 17.5 Å². The van der Waals surface area contributed by atoms with Crippen LogP contribution in [0.25, 0.3) is 0 Å². The molecule has 8 nitrogen and oxygen atoms in total. The smallest absolute Gasteiger partial charge is 0.334 e. The van der Waals surface area contributed by atoms with Gasteiger partial charge in [0.2, 0.25) is 0 Å². The first-order valence-electron chi connectivity index (χ1n) is 13.6. The number of fused-ring (bicyclic) bond motifs is 5. The number of esters is 1. The minimum absolute atomic E-state index is 0.0734. The number of carbonyl (C=O) groups is 3. The molecule has 3 saturated carbocycles.